The number of aromatic nitrogens is 2. The molecule has 0 saturated carbocycles. The average molecular weight is 227 g/mol. The number of nitrogens with zero attached hydrogens (tertiary/aromatic N) is 1. The first-order chi connectivity index (χ1) is 5.81. The summed E-state index contributed by atoms with van der Waals surface area (Å²) in [5.74, 6) is 0.807. The van der Waals surface area contributed by atoms with Gasteiger partial charge in [0.2, 0.25) is 0 Å². The van der Waals surface area contributed by atoms with Crippen LogP contribution in [0, 0.1) is 0 Å². The van der Waals surface area contributed by atoms with Gasteiger partial charge in [-0.3, -0.25) is 0 Å². The Labute approximate surface area is 77.9 Å². The molecule has 1 N–H and O–H groups in total. The van der Waals surface area contributed by atoms with E-state index < -0.39 is 0 Å². The predicted octanol–water partition coefficient (Wildman–Crippen LogP) is 2.33. The van der Waals surface area contributed by atoms with Crippen LogP contribution >= 0.6 is 15.9 Å². The SMILES string of the molecule is COc1cc(Br)c2[nH]cnc2c1. The summed E-state index contributed by atoms with van der Waals surface area (Å²) in [6.07, 6.45) is 1.66. The maximum absolute atomic E-state index is 5.09. The molecule has 2 aromatic rings. The lowest BCUT2D eigenvalue weighted by molar-refractivity contribution is 0.415. The molecule has 0 radical (unpaired) electrons. The van der Waals surface area contributed by atoms with Crippen LogP contribution < -0.4 is 4.74 Å². The van der Waals surface area contributed by atoms with Crippen LogP contribution in [-0.2, 0) is 0 Å². The molecular weight excluding hydrogens is 220 g/mol. The third-order valence-electron chi connectivity index (χ3n) is 1.69. The van der Waals surface area contributed by atoms with Crippen molar-refractivity contribution in [2.75, 3.05) is 7.11 Å². The minimum atomic E-state index is 0.807. The van der Waals surface area contributed by atoms with E-state index in [1.807, 2.05) is 12.1 Å². The summed E-state index contributed by atoms with van der Waals surface area (Å²) in [6.45, 7) is 0. The predicted molar refractivity (Wildman–Crippen MR) is 50.3 cm³/mol. The molecule has 0 bridgehead atoms. The van der Waals surface area contributed by atoms with Gasteiger partial charge in [-0.2, -0.15) is 0 Å². The smallest absolute Gasteiger partial charge is 0.122 e. The summed E-state index contributed by atoms with van der Waals surface area (Å²) >= 11 is 3.42. The zero-order chi connectivity index (χ0) is 8.55. The maximum atomic E-state index is 5.09. The Kier molecular flexibility index (Phi) is 1.77. The van der Waals surface area contributed by atoms with Crippen LogP contribution in [0.1, 0.15) is 0 Å². The van der Waals surface area contributed by atoms with Gasteiger partial charge in [-0.05, 0) is 22.0 Å². The van der Waals surface area contributed by atoms with Crippen molar-refractivity contribution in [3.05, 3.63) is 22.9 Å². The van der Waals surface area contributed by atoms with Crippen molar-refractivity contribution >= 4 is 27.0 Å². The topological polar surface area (TPSA) is 37.9 Å². The van der Waals surface area contributed by atoms with Crippen molar-refractivity contribution in [1.29, 1.82) is 0 Å². The molecule has 0 aliphatic rings. The molecule has 2 rings (SSSR count). The van der Waals surface area contributed by atoms with Crippen molar-refractivity contribution in [3.8, 4) is 5.75 Å². The van der Waals surface area contributed by atoms with E-state index in [4.69, 9.17) is 4.74 Å². The number of aromatic amines is 1. The highest BCUT2D eigenvalue weighted by Crippen LogP contribution is 2.26. The van der Waals surface area contributed by atoms with E-state index >= 15 is 0 Å². The number of halogens is 1. The van der Waals surface area contributed by atoms with Crippen molar-refractivity contribution in [3.63, 3.8) is 0 Å². The van der Waals surface area contributed by atoms with Gasteiger partial charge in [0, 0.05) is 10.5 Å². The fourth-order valence-corrected chi connectivity index (χ4v) is 1.64. The van der Waals surface area contributed by atoms with Gasteiger partial charge in [-0.1, -0.05) is 0 Å². The molecule has 1 heterocycles. The van der Waals surface area contributed by atoms with Gasteiger partial charge in [0.25, 0.3) is 0 Å². The minimum Gasteiger partial charge on any atom is -0.497 e. The molecule has 4 heteroatoms. The molecule has 0 amide bonds. The van der Waals surface area contributed by atoms with E-state index in [9.17, 15) is 0 Å². The molecule has 0 spiro atoms. The van der Waals surface area contributed by atoms with Crippen LogP contribution in [0.25, 0.3) is 11.0 Å². The molecule has 62 valence electrons. The molecule has 3 nitrogen and oxygen atoms in total. The van der Waals surface area contributed by atoms with E-state index in [-0.39, 0.29) is 0 Å². The molecule has 12 heavy (non-hydrogen) atoms. The Morgan fingerprint density at radius 3 is 3.08 bits per heavy atom. The fraction of sp³-hybridized carbons (Fsp3) is 0.125. The molecule has 0 fully saturated rings. The van der Waals surface area contributed by atoms with Gasteiger partial charge in [-0.15, -0.1) is 0 Å². The highest BCUT2D eigenvalue weighted by atomic mass is 79.9. The summed E-state index contributed by atoms with van der Waals surface area (Å²) in [5.41, 5.74) is 1.90. The summed E-state index contributed by atoms with van der Waals surface area (Å²) in [4.78, 5) is 7.15. The van der Waals surface area contributed by atoms with E-state index in [1.165, 1.54) is 0 Å². The fourth-order valence-electron chi connectivity index (χ4n) is 1.10. The lowest BCUT2D eigenvalue weighted by Gasteiger charge is -1.99. The Bertz CT molecular complexity index is 410. The number of imidazole rings is 1. The van der Waals surface area contributed by atoms with Gasteiger partial charge in [0.05, 0.1) is 24.5 Å². The number of nitrogens with one attached hydrogen (secondary N) is 1. The van der Waals surface area contributed by atoms with Crippen LogP contribution in [0.2, 0.25) is 0 Å². The van der Waals surface area contributed by atoms with Gasteiger partial charge in [0.1, 0.15) is 5.75 Å². The maximum Gasteiger partial charge on any atom is 0.122 e. The molecule has 1 aromatic carbocycles. The standard InChI is InChI=1S/C8H7BrN2O/c1-12-5-2-6(9)8-7(3-5)10-4-11-8/h2-4H,1H3,(H,10,11). The molecule has 0 unspecified atom stereocenters. The monoisotopic (exact) mass is 226 g/mol. The minimum absolute atomic E-state index is 0.807. The van der Waals surface area contributed by atoms with E-state index in [1.54, 1.807) is 13.4 Å². The van der Waals surface area contributed by atoms with E-state index in [2.05, 4.69) is 25.9 Å². The number of methoxy groups -OCH3 is 1. The van der Waals surface area contributed by atoms with E-state index in [0.717, 1.165) is 21.3 Å². The first-order valence-corrected chi connectivity index (χ1v) is 4.27. The lowest BCUT2D eigenvalue weighted by atomic mass is 10.3. The number of benzene rings is 1. The third kappa shape index (κ3) is 1.08. The van der Waals surface area contributed by atoms with Crippen LogP contribution in [0.5, 0.6) is 5.75 Å². The van der Waals surface area contributed by atoms with Gasteiger partial charge in [0.15, 0.2) is 0 Å². The molecule has 0 aliphatic carbocycles. The summed E-state index contributed by atoms with van der Waals surface area (Å²) in [6, 6.07) is 3.79. The number of hydrogen-bond donors (Lipinski definition) is 1. The van der Waals surface area contributed by atoms with Gasteiger partial charge >= 0.3 is 0 Å². The molecular formula is C8H7BrN2O. The second-order valence-corrected chi connectivity index (χ2v) is 3.26. The second kappa shape index (κ2) is 2.79. The number of ether oxygens (including phenoxy) is 1. The summed E-state index contributed by atoms with van der Waals surface area (Å²) in [5, 5.41) is 0. The molecule has 0 saturated heterocycles. The van der Waals surface area contributed by atoms with Crippen molar-refractivity contribution in [1.82, 2.24) is 9.97 Å². The van der Waals surface area contributed by atoms with Crippen molar-refractivity contribution in [2.45, 2.75) is 0 Å². The van der Waals surface area contributed by atoms with Crippen LogP contribution in [0.3, 0.4) is 0 Å². The molecule has 0 atom stereocenters. The number of rotatable bonds is 1. The zero-order valence-corrected chi connectivity index (χ0v) is 8.05. The van der Waals surface area contributed by atoms with Crippen LogP contribution in [-0.4, -0.2) is 17.1 Å². The Morgan fingerprint density at radius 1 is 1.50 bits per heavy atom. The van der Waals surface area contributed by atoms with Crippen LogP contribution in [0.15, 0.2) is 22.9 Å². The summed E-state index contributed by atoms with van der Waals surface area (Å²) < 4.78 is 6.06. The first kappa shape index (κ1) is 7.61. The average Bonchev–Trinajstić information content (AvgIpc) is 2.52. The first-order valence-electron chi connectivity index (χ1n) is 3.48. The van der Waals surface area contributed by atoms with Crippen molar-refractivity contribution < 1.29 is 4.74 Å². The van der Waals surface area contributed by atoms with Crippen LogP contribution in [0.4, 0.5) is 0 Å². The quantitative estimate of drug-likeness (QED) is 0.811. The highest BCUT2D eigenvalue weighted by Gasteiger charge is 2.03. The van der Waals surface area contributed by atoms with E-state index in [0.29, 0.717) is 0 Å². The molecule has 1 aromatic heterocycles. The molecule has 0 aliphatic heterocycles. The third-order valence-corrected chi connectivity index (χ3v) is 2.32. The van der Waals surface area contributed by atoms with Crippen molar-refractivity contribution in [2.24, 2.45) is 0 Å². The number of fused-ring (bicyclic) bond motifs is 1. The zero-order valence-electron chi connectivity index (χ0n) is 6.47. The number of hydrogen-bond acceptors (Lipinski definition) is 2. The normalized spacial score (nSPS) is 10.5. The summed E-state index contributed by atoms with van der Waals surface area (Å²) in [7, 11) is 1.64. The lowest BCUT2D eigenvalue weighted by Crippen LogP contribution is -1.82. The largest absolute Gasteiger partial charge is 0.497 e. The Hall–Kier alpha value is -1.03. The Balaban J connectivity index is 2.75. The number of H-pyrrole nitrogens is 1. The highest BCUT2D eigenvalue weighted by molar-refractivity contribution is 9.10. The van der Waals surface area contributed by atoms with Gasteiger partial charge < -0.3 is 9.72 Å². The Morgan fingerprint density at radius 2 is 2.33 bits per heavy atom. The van der Waals surface area contributed by atoms with Gasteiger partial charge in [-0.25, -0.2) is 4.98 Å². The second-order valence-electron chi connectivity index (χ2n) is 2.41.